The molecule has 0 spiro atoms. The van der Waals surface area contributed by atoms with Gasteiger partial charge in [0.15, 0.2) is 0 Å². The van der Waals surface area contributed by atoms with Crippen LogP contribution >= 0.6 is 0 Å². The van der Waals surface area contributed by atoms with Crippen LogP contribution in [0.15, 0.2) is 30.3 Å². The molecule has 0 bridgehead atoms. The van der Waals surface area contributed by atoms with Crippen LogP contribution in [0.25, 0.3) is 0 Å². The number of benzene rings is 1. The lowest BCUT2D eigenvalue weighted by Gasteiger charge is -2.47. The minimum absolute atomic E-state index is 0.231. The van der Waals surface area contributed by atoms with Gasteiger partial charge in [-0.3, -0.25) is 9.69 Å². The number of piperazine rings is 2. The first kappa shape index (κ1) is 11.7. The number of amides is 1. The maximum atomic E-state index is 11.9. The van der Waals surface area contributed by atoms with E-state index in [1.54, 1.807) is 0 Å². The van der Waals surface area contributed by atoms with Gasteiger partial charge in [0.1, 0.15) is 0 Å². The second-order valence-electron chi connectivity index (χ2n) is 5.19. The molecule has 2 saturated heterocycles. The molecule has 2 aliphatic rings. The highest BCUT2D eigenvalue weighted by atomic mass is 16.2. The summed E-state index contributed by atoms with van der Waals surface area (Å²) in [5, 5.41) is 3.49. The molecule has 1 aromatic rings. The van der Waals surface area contributed by atoms with Crippen LogP contribution in [0.4, 0.5) is 0 Å². The summed E-state index contributed by atoms with van der Waals surface area (Å²) in [4.78, 5) is 16.1. The first-order valence-electron chi connectivity index (χ1n) is 6.51. The predicted molar refractivity (Wildman–Crippen MR) is 70.2 cm³/mol. The Morgan fingerprint density at radius 2 is 2.00 bits per heavy atom. The molecule has 1 N–H and O–H groups in total. The van der Waals surface area contributed by atoms with E-state index in [9.17, 15) is 4.79 Å². The maximum absolute atomic E-state index is 11.9. The van der Waals surface area contributed by atoms with E-state index in [0.717, 1.165) is 19.6 Å². The van der Waals surface area contributed by atoms with Crippen LogP contribution < -0.4 is 5.32 Å². The third-order valence-electron chi connectivity index (χ3n) is 4.00. The van der Waals surface area contributed by atoms with Gasteiger partial charge in [-0.2, -0.15) is 0 Å². The third-order valence-corrected chi connectivity index (χ3v) is 4.00. The molecule has 2 aliphatic heterocycles. The Balaban J connectivity index is 1.85. The minimum atomic E-state index is 0.231. The molecule has 4 heteroatoms. The fourth-order valence-electron chi connectivity index (χ4n) is 2.96. The summed E-state index contributed by atoms with van der Waals surface area (Å²) in [6.45, 7) is 3.27. The van der Waals surface area contributed by atoms with E-state index in [1.807, 2.05) is 18.0 Å². The maximum Gasteiger partial charge on any atom is 0.236 e. The van der Waals surface area contributed by atoms with E-state index >= 15 is 0 Å². The van der Waals surface area contributed by atoms with Gasteiger partial charge < -0.3 is 10.2 Å². The summed E-state index contributed by atoms with van der Waals surface area (Å²) < 4.78 is 0. The lowest BCUT2D eigenvalue weighted by molar-refractivity contribution is -0.139. The molecule has 0 aliphatic carbocycles. The standard InChI is InChI=1S/C14H19N3O/c1-16-9-12-7-15-8-13(17(12)10-14(16)18)11-5-3-2-4-6-11/h2-6,12-13,15H,7-10H2,1H3. The van der Waals surface area contributed by atoms with E-state index in [2.05, 4.69) is 34.5 Å². The van der Waals surface area contributed by atoms with Crippen molar-refractivity contribution in [1.82, 2.24) is 15.1 Å². The molecule has 0 saturated carbocycles. The highest BCUT2D eigenvalue weighted by Gasteiger charge is 2.37. The first-order valence-corrected chi connectivity index (χ1v) is 6.51. The number of hydrogen-bond donors (Lipinski definition) is 1. The van der Waals surface area contributed by atoms with Gasteiger partial charge in [-0.15, -0.1) is 0 Å². The van der Waals surface area contributed by atoms with Crippen molar-refractivity contribution in [1.29, 1.82) is 0 Å². The Bertz CT molecular complexity index is 434. The Kier molecular flexibility index (Phi) is 3.06. The Morgan fingerprint density at radius 1 is 1.22 bits per heavy atom. The average molecular weight is 245 g/mol. The molecule has 18 heavy (non-hydrogen) atoms. The van der Waals surface area contributed by atoms with Crippen LogP contribution in [0.2, 0.25) is 0 Å². The zero-order valence-electron chi connectivity index (χ0n) is 10.7. The number of likely N-dealkylation sites (N-methyl/N-ethyl adjacent to an activating group) is 1. The zero-order chi connectivity index (χ0) is 12.5. The van der Waals surface area contributed by atoms with Crippen molar-refractivity contribution in [2.75, 3.05) is 33.2 Å². The molecule has 0 radical (unpaired) electrons. The van der Waals surface area contributed by atoms with E-state index < -0.39 is 0 Å². The predicted octanol–water partition coefficient (Wildman–Crippen LogP) is 0.473. The van der Waals surface area contributed by atoms with Crippen LogP contribution in [-0.2, 0) is 4.79 Å². The number of nitrogens with one attached hydrogen (secondary N) is 1. The van der Waals surface area contributed by atoms with Gasteiger partial charge in [0.2, 0.25) is 5.91 Å². The van der Waals surface area contributed by atoms with Gasteiger partial charge in [-0.05, 0) is 5.56 Å². The largest absolute Gasteiger partial charge is 0.343 e. The van der Waals surface area contributed by atoms with E-state index in [4.69, 9.17) is 0 Å². The molecule has 2 unspecified atom stereocenters. The number of fused-ring (bicyclic) bond motifs is 1. The van der Waals surface area contributed by atoms with Crippen molar-refractivity contribution >= 4 is 5.91 Å². The Hall–Kier alpha value is -1.39. The molecular weight excluding hydrogens is 226 g/mol. The second-order valence-corrected chi connectivity index (χ2v) is 5.19. The quantitative estimate of drug-likeness (QED) is 0.781. The average Bonchev–Trinajstić information content (AvgIpc) is 2.40. The summed E-state index contributed by atoms with van der Waals surface area (Å²) in [6, 6.07) is 11.2. The number of carbonyl (C=O) groups is 1. The summed E-state index contributed by atoms with van der Waals surface area (Å²) in [5.74, 6) is 0.231. The smallest absolute Gasteiger partial charge is 0.236 e. The molecule has 2 atom stereocenters. The van der Waals surface area contributed by atoms with E-state index in [1.165, 1.54) is 5.56 Å². The second kappa shape index (κ2) is 4.71. The molecule has 3 rings (SSSR count). The highest BCUT2D eigenvalue weighted by Crippen LogP contribution is 2.27. The number of carbonyl (C=O) groups excluding carboxylic acids is 1. The summed E-state index contributed by atoms with van der Waals surface area (Å²) in [6.07, 6.45) is 0. The van der Waals surface area contributed by atoms with Crippen molar-refractivity contribution in [3.63, 3.8) is 0 Å². The number of nitrogens with zero attached hydrogens (tertiary/aromatic N) is 2. The van der Waals surface area contributed by atoms with Gasteiger partial charge >= 0.3 is 0 Å². The molecule has 0 aromatic heterocycles. The van der Waals surface area contributed by atoms with Crippen LogP contribution in [0.1, 0.15) is 11.6 Å². The van der Waals surface area contributed by atoms with Crippen LogP contribution in [0, 0.1) is 0 Å². The number of hydrogen-bond acceptors (Lipinski definition) is 3. The molecule has 96 valence electrons. The SMILES string of the molecule is CN1CC2CNCC(c3ccccc3)N2CC1=O. The zero-order valence-corrected chi connectivity index (χ0v) is 10.7. The minimum Gasteiger partial charge on any atom is -0.343 e. The molecule has 2 heterocycles. The van der Waals surface area contributed by atoms with E-state index in [0.29, 0.717) is 18.6 Å². The molecular formula is C14H19N3O. The lowest BCUT2D eigenvalue weighted by Crippen LogP contribution is -2.63. The topological polar surface area (TPSA) is 35.6 Å². The van der Waals surface area contributed by atoms with Gasteiger partial charge in [0, 0.05) is 38.8 Å². The van der Waals surface area contributed by atoms with Gasteiger partial charge in [0.25, 0.3) is 0 Å². The summed E-state index contributed by atoms with van der Waals surface area (Å²) in [5.41, 5.74) is 1.30. The Labute approximate surface area is 108 Å². The highest BCUT2D eigenvalue weighted by molar-refractivity contribution is 5.79. The van der Waals surface area contributed by atoms with Crippen molar-refractivity contribution in [3.8, 4) is 0 Å². The Morgan fingerprint density at radius 3 is 2.78 bits per heavy atom. The van der Waals surface area contributed by atoms with Crippen LogP contribution in [0.5, 0.6) is 0 Å². The molecule has 1 amide bonds. The van der Waals surface area contributed by atoms with Gasteiger partial charge in [-0.1, -0.05) is 30.3 Å². The number of rotatable bonds is 1. The van der Waals surface area contributed by atoms with Gasteiger partial charge in [0.05, 0.1) is 6.54 Å². The molecule has 2 fully saturated rings. The van der Waals surface area contributed by atoms with Crippen molar-refractivity contribution in [2.45, 2.75) is 12.1 Å². The van der Waals surface area contributed by atoms with Crippen LogP contribution in [-0.4, -0.2) is 55.0 Å². The summed E-state index contributed by atoms with van der Waals surface area (Å²) >= 11 is 0. The fraction of sp³-hybridized carbons (Fsp3) is 0.500. The first-order chi connectivity index (χ1) is 8.75. The van der Waals surface area contributed by atoms with Crippen LogP contribution in [0.3, 0.4) is 0 Å². The lowest BCUT2D eigenvalue weighted by atomic mass is 9.98. The normalized spacial score (nSPS) is 29.2. The fourth-order valence-corrected chi connectivity index (χ4v) is 2.96. The van der Waals surface area contributed by atoms with Crippen molar-refractivity contribution in [3.05, 3.63) is 35.9 Å². The van der Waals surface area contributed by atoms with E-state index in [-0.39, 0.29) is 5.91 Å². The monoisotopic (exact) mass is 245 g/mol. The third kappa shape index (κ3) is 2.02. The molecule has 1 aromatic carbocycles. The van der Waals surface area contributed by atoms with Crippen molar-refractivity contribution in [2.24, 2.45) is 0 Å². The van der Waals surface area contributed by atoms with Crippen molar-refractivity contribution < 1.29 is 4.79 Å². The van der Waals surface area contributed by atoms with Gasteiger partial charge in [-0.25, -0.2) is 0 Å². The summed E-state index contributed by atoms with van der Waals surface area (Å²) in [7, 11) is 1.89. The molecule has 4 nitrogen and oxygen atoms in total.